The maximum Gasteiger partial charge on any atom is 0.256 e. The van der Waals surface area contributed by atoms with Gasteiger partial charge in [0.25, 0.3) is 5.82 Å². The third-order valence-corrected chi connectivity index (χ3v) is 2.33. The quantitative estimate of drug-likeness (QED) is 0.616. The van der Waals surface area contributed by atoms with Crippen LogP contribution in [0.15, 0.2) is 12.4 Å². The molecule has 0 fully saturated rings. The Labute approximate surface area is 81.2 Å². The number of imidazole rings is 1. The van der Waals surface area contributed by atoms with E-state index in [9.17, 15) is 0 Å². The van der Waals surface area contributed by atoms with Crippen molar-refractivity contribution in [1.82, 2.24) is 4.57 Å². The molecule has 1 aromatic heterocycles. The molecule has 13 heavy (non-hydrogen) atoms. The molecule has 0 unspecified atom stereocenters. The summed E-state index contributed by atoms with van der Waals surface area (Å²) in [6.45, 7) is 8.99. The second kappa shape index (κ2) is 5.05. The lowest BCUT2D eigenvalue weighted by molar-refractivity contribution is -0.703. The van der Waals surface area contributed by atoms with Crippen LogP contribution < -0.4 is 4.57 Å². The van der Waals surface area contributed by atoms with E-state index in [2.05, 4.69) is 42.3 Å². The zero-order valence-electron chi connectivity index (χ0n) is 9.08. The molecule has 0 atom stereocenters. The fourth-order valence-corrected chi connectivity index (χ4v) is 1.79. The number of nitrogens with zero attached hydrogens (tertiary/aromatic N) is 2. The van der Waals surface area contributed by atoms with Crippen LogP contribution in [0.4, 0.5) is 0 Å². The van der Waals surface area contributed by atoms with Gasteiger partial charge in [-0.1, -0.05) is 20.8 Å². The monoisotopic (exact) mass is 181 g/mol. The van der Waals surface area contributed by atoms with Gasteiger partial charge < -0.3 is 0 Å². The SMILES string of the molecule is CCCn1cc[n+](CCC)c1CC. The molecule has 74 valence electrons. The Kier molecular flexibility index (Phi) is 4.00. The van der Waals surface area contributed by atoms with Gasteiger partial charge >= 0.3 is 0 Å². The van der Waals surface area contributed by atoms with Crippen LogP contribution in [-0.4, -0.2) is 4.57 Å². The molecule has 0 bridgehead atoms. The zero-order valence-corrected chi connectivity index (χ0v) is 9.08. The molecule has 0 N–H and O–H groups in total. The molecule has 0 aliphatic rings. The molecule has 0 aliphatic heterocycles. The Morgan fingerprint density at radius 1 is 1.23 bits per heavy atom. The van der Waals surface area contributed by atoms with Gasteiger partial charge in [0.2, 0.25) is 0 Å². The van der Waals surface area contributed by atoms with Crippen molar-refractivity contribution in [3.63, 3.8) is 0 Å². The van der Waals surface area contributed by atoms with E-state index >= 15 is 0 Å². The van der Waals surface area contributed by atoms with Crippen molar-refractivity contribution in [1.29, 1.82) is 0 Å². The Balaban J connectivity index is 2.82. The minimum Gasteiger partial charge on any atom is -0.234 e. The normalized spacial score (nSPS) is 10.7. The van der Waals surface area contributed by atoms with Gasteiger partial charge in [-0.05, 0) is 12.8 Å². The molecule has 0 spiro atoms. The highest BCUT2D eigenvalue weighted by atomic mass is 15.1. The number of rotatable bonds is 5. The van der Waals surface area contributed by atoms with Crippen molar-refractivity contribution < 1.29 is 4.57 Å². The minimum absolute atomic E-state index is 1.13. The number of aryl methyl sites for hydroxylation is 2. The minimum atomic E-state index is 1.13. The highest BCUT2D eigenvalue weighted by Crippen LogP contribution is 1.99. The second-order valence-corrected chi connectivity index (χ2v) is 3.45. The van der Waals surface area contributed by atoms with Crippen LogP contribution >= 0.6 is 0 Å². The van der Waals surface area contributed by atoms with E-state index in [-0.39, 0.29) is 0 Å². The van der Waals surface area contributed by atoms with E-state index in [0.717, 1.165) is 19.5 Å². The van der Waals surface area contributed by atoms with E-state index < -0.39 is 0 Å². The smallest absolute Gasteiger partial charge is 0.234 e. The Morgan fingerprint density at radius 2 is 2.00 bits per heavy atom. The van der Waals surface area contributed by atoms with Crippen LogP contribution in [0, 0.1) is 0 Å². The summed E-state index contributed by atoms with van der Waals surface area (Å²) >= 11 is 0. The van der Waals surface area contributed by atoms with Gasteiger partial charge in [0.05, 0.1) is 13.1 Å². The van der Waals surface area contributed by atoms with Gasteiger partial charge in [-0.3, -0.25) is 0 Å². The highest BCUT2D eigenvalue weighted by Gasteiger charge is 2.12. The third-order valence-electron chi connectivity index (χ3n) is 2.33. The van der Waals surface area contributed by atoms with Crippen molar-refractivity contribution in [3.05, 3.63) is 18.2 Å². The molecular formula is C11H21N2+. The Bertz CT molecular complexity index is 227. The predicted molar refractivity (Wildman–Crippen MR) is 54.6 cm³/mol. The number of hydrogen-bond donors (Lipinski definition) is 0. The Hall–Kier alpha value is -0.790. The summed E-state index contributed by atoms with van der Waals surface area (Å²) in [5.41, 5.74) is 0. The number of hydrogen-bond acceptors (Lipinski definition) is 0. The van der Waals surface area contributed by atoms with Crippen LogP contribution in [0.1, 0.15) is 39.4 Å². The van der Waals surface area contributed by atoms with Crippen LogP contribution in [0.3, 0.4) is 0 Å². The largest absolute Gasteiger partial charge is 0.256 e. The van der Waals surface area contributed by atoms with E-state index in [0.29, 0.717) is 0 Å². The molecule has 0 amide bonds. The average molecular weight is 181 g/mol. The topological polar surface area (TPSA) is 8.81 Å². The lowest BCUT2D eigenvalue weighted by atomic mass is 10.4. The summed E-state index contributed by atoms with van der Waals surface area (Å²) in [5.74, 6) is 1.46. The summed E-state index contributed by atoms with van der Waals surface area (Å²) < 4.78 is 4.74. The summed E-state index contributed by atoms with van der Waals surface area (Å²) in [4.78, 5) is 0. The molecule has 2 heteroatoms. The molecule has 0 saturated heterocycles. The van der Waals surface area contributed by atoms with Gasteiger partial charge in [-0.15, -0.1) is 0 Å². The van der Waals surface area contributed by atoms with Gasteiger partial charge in [0, 0.05) is 6.42 Å². The molecule has 0 aliphatic carbocycles. The van der Waals surface area contributed by atoms with Crippen molar-refractivity contribution in [2.45, 2.75) is 53.1 Å². The molecule has 1 aromatic rings. The lowest BCUT2D eigenvalue weighted by Gasteiger charge is -2.00. The summed E-state index contributed by atoms with van der Waals surface area (Å²) in [6.07, 6.45) is 7.98. The van der Waals surface area contributed by atoms with E-state index in [1.807, 2.05) is 0 Å². The molecule has 0 radical (unpaired) electrons. The summed E-state index contributed by atoms with van der Waals surface area (Å²) in [6, 6.07) is 0. The van der Waals surface area contributed by atoms with Crippen LogP contribution in [0.2, 0.25) is 0 Å². The van der Waals surface area contributed by atoms with Gasteiger partial charge in [0.1, 0.15) is 12.4 Å². The van der Waals surface area contributed by atoms with Crippen molar-refractivity contribution in [2.24, 2.45) is 0 Å². The van der Waals surface area contributed by atoms with Crippen molar-refractivity contribution >= 4 is 0 Å². The summed E-state index contributed by atoms with van der Waals surface area (Å²) in [7, 11) is 0. The van der Waals surface area contributed by atoms with E-state index in [1.54, 1.807) is 0 Å². The Morgan fingerprint density at radius 3 is 2.54 bits per heavy atom. The third kappa shape index (κ3) is 2.33. The van der Waals surface area contributed by atoms with Gasteiger partial charge in [-0.25, -0.2) is 9.13 Å². The van der Waals surface area contributed by atoms with Crippen LogP contribution in [-0.2, 0) is 19.5 Å². The van der Waals surface area contributed by atoms with E-state index in [4.69, 9.17) is 0 Å². The van der Waals surface area contributed by atoms with E-state index in [1.165, 1.54) is 18.7 Å². The first-order valence-corrected chi connectivity index (χ1v) is 5.40. The maximum absolute atomic E-state index is 2.37. The highest BCUT2D eigenvalue weighted by molar-refractivity contribution is 4.82. The first-order valence-electron chi connectivity index (χ1n) is 5.40. The molecule has 1 heterocycles. The molecular weight excluding hydrogens is 160 g/mol. The van der Waals surface area contributed by atoms with Gasteiger partial charge in [0.15, 0.2) is 0 Å². The summed E-state index contributed by atoms with van der Waals surface area (Å²) in [5, 5.41) is 0. The molecule has 2 nitrogen and oxygen atoms in total. The molecule has 0 aromatic carbocycles. The average Bonchev–Trinajstić information content (AvgIpc) is 2.49. The van der Waals surface area contributed by atoms with Crippen molar-refractivity contribution in [2.75, 3.05) is 0 Å². The first-order chi connectivity index (χ1) is 6.33. The standard InChI is InChI=1S/C11H21N2/c1-4-7-12-9-10-13(8-5-2)11(12)6-3/h9-10H,4-8H2,1-3H3/q+1. The number of aromatic nitrogens is 2. The fourth-order valence-electron chi connectivity index (χ4n) is 1.79. The first kappa shape index (κ1) is 10.3. The maximum atomic E-state index is 2.37. The molecule has 1 rings (SSSR count). The van der Waals surface area contributed by atoms with Crippen molar-refractivity contribution in [3.8, 4) is 0 Å². The van der Waals surface area contributed by atoms with Crippen LogP contribution in [0.25, 0.3) is 0 Å². The predicted octanol–water partition coefficient (Wildman–Crippen LogP) is 2.16. The van der Waals surface area contributed by atoms with Crippen LogP contribution in [0.5, 0.6) is 0 Å². The molecule has 0 saturated carbocycles. The lowest BCUT2D eigenvalue weighted by Crippen LogP contribution is -2.36. The zero-order chi connectivity index (χ0) is 9.68. The van der Waals surface area contributed by atoms with Gasteiger partial charge in [-0.2, -0.15) is 0 Å². The second-order valence-electron chi connectivity index (χ2n) is 3.45. The fraction of sp³-hybridized carbons (Fsp3) is 0.727.